The molecular formula is C21H23F3N2O2. The van der Waals surface area contributed by atoms with Crippen molar-refractivity contribution in [2.45, 2.75) is 19.1 Å². The van der Waals surface area contributed by atoms with E-state index in [4.69, 9.17) is 4.74 Å². The lowest BCUT2D eigenvalue weighted by molar-refractivity contribution is -0.137. The van der Waals surface area contributed by atoms with Gasteiger partial charge in [0.1, 0.15) is 0 Å². The zero-order valence-electron chi connectivity index (χ0n) is 15.7. The summed E-state index contributed by atoms with van der Waals surface area (Å²) in [6.45, 7) is 3.63. The van der Waals surface area contributed by atoms with E-state index in [2.05, 4.69) is 4.90 Å². The van der Waals surface area contributed by atoms with Crippen molar-refractivity contribution in [3.8, 4) is 0 Å². The molecule has 1 fully saturated rings. The van der Waals surface area contributed by atoms with Crippen LogP contribution in [0.2, 0.25) is 0 Å². The first kappa shape index (κ1) is 20.2. The second-order valence-corrected chi connectivity index (χ2v) is 6.89. The highest BCUT2D eigenvalue weighted by molar-refractivity contribution is 5.78. The molecule has 1 amide bonds. The van der Waals surface area contributed by atoms with Crippen molar-refractivity contribution < 1.29 is 22.7 Å². The lowest BCUT2D eigenvalue weighted by atomic mass is 10.1. The number of morpholine rings is 1. The average molecular weight is 392 g/mol. The van der Waals surface area contributed by atoms with E-state index in [1.165, 1.54) is 12.1 Å². The first-order chi connectivity index (χ1) is 13.3. The Morgan fingerprint density at radius 1 is 1.00 bits per heavy atom. The fourth-order valence-electron chi connectivity index (χ4n) is 3.12. The third kappa shape index (κ3) is 5.25. The number of carbonyl (C=O) groups excluding carboxylic acids is 1. The number of alkyl halides is 3. The van der Waals surface area contributed by atoms with E-state index in [-0.39, 0.29) is 12.3 Å². The highest BCUT2D eigenvalue weighted by Crippen LogP contribution is 2.29. The van der Waals surface area contributed by atoms with E-state index < -0.39 is 11.7 Å². The Morgan fingerprint density at radius 3 is 2.14 bits per heavy atom. The predicted octanol–water partition coefficient (Wildman–Crippen LogP) is 3.74. The average Bonchev–Trinajstić information content (AvgIpc) is 2.69. The van der Waals surface area contributed by atoms with Gasteiger partial charge in [0, 0.05) is 32.4 Å². The van der Waals surface area contributed by atoms with E-state index in [0.29, 0.717) is 12.1 Å². The van der Waals surface area contributed by atoms with Crippen LogP contribution in [0.15, 0.2) is 48.5 Å². The molecule has 1 saturated heterocycles. The maximum absolute atomic E-state index is 12.6. The number of anilines is 1. The van der Waals surface area contributed by atoms with Crippen LogP contribution < -0.4 is 4.90 Å². The van der Waals surface area contributed by atoms with Gasteiger partial charge in [-0.15, -0.1) is 0 Å². The number of likely N-dealkylation sites (N-methyl/N-ethyl adjacent to an activating group) is 1. The van der Waals surface area contributed by atoms with Gasteiger partial charge in [-0.1, -0.05) is 24.3 Å². The smallest absolute Gasteiger partial charge is 0.378 e. The van der Waals surface area contributed by atoms with Crippen LogP contribution in [-0.4, -0.2) is 44.2 Å². The molecule has 0 atom stereocenters. The van der Waals surface area contributed by atoms with Gasteiger partial charge in [-0.3, -0.25) is 4.79 Å². The first-order valence-electron chi connectivity index (χ1n) is 9.14. The lowest BCUT2D eigenvalue weighted by Gasteiger charge is -2.29. The molecule has 4 nitrogen and oxygen atoms in total. The van der Waals surface area contributed by atoms with Crippen LogP contribution in [0.25, 0.3) is 0 Å². The molecule has 2 aromatic carbocycles. The maximum atomic E-state index is 12.6. The molecule has 2 aromatic rings. The summed E-state index contributed by atoms with van der Waals surface area (Å²) in [6, 6.07) is 12.8. The van der Waals surface area contributed by atoms with Gasteiger partial charge < -0.3 is 14.5 Å². The summed E-state index contributed by atoms with van der Waals surface area (Å²) < 4.78 is 43.2. The molecule has 1 heterocycles. The number of benzene rings is 2. The molecule has 0 unspecified atom stereocenters. The summed E-state index contributed by atoms with van der Waals surface area (Å²) in [6.07, 6.45) is -4.30. The zero-order chi connectivity index (χ0) is 20.1. The molecule has 0 radical (unpaired) electrons. The molecule has 28 heavy (non-hydrogen) atoms. The summed E-state index contributed by atoms with van der Waals surface area (Å²) in [5, 5.41) is 0. The van der Waals surface area contributed by atoms with Gasteiger partial charge in [-0.05, 0) is 35.4 Å². The van der Waals surface area contributed by atoms with Gasteiger partial charge >= 0.3 is 6.18 Å². The van der Waals surface area contributed by atoms with Crippen LogP contribution in [-0.2, 0) is 28.7 Å². The summed E-state index contributed by atoms with van der Waals surface area (Å²) in [4.78, 5) is 16.2. The largest absolute Gasteiger partial charge is 0.416 e. The van der Waals surface area contributed by atoms with Gasteiger partial charge in [0.05, 0.1) is 25.2 Å². The SMILES string of the molecule is CN(Cc1ccc(N2CCOCC2)cc1)C(=O)Cc1ccc(C(F)(F)F)cc1. The van der Waals surface area contributed by atoms with E-state index in [9.17, 15) is 18.0 Å². The van der Waals surface area contributed by atoms with Gasteiger partial charge in [0.15, 0.2) is 0 Å². The molecule has 0 N–H and O–H groups in total. The second-order valence-electron chi connectivity index (χ2n) is 6.89. The highest BCUT2D eigenvalue weighted by atomic mass is 19.4. The van der Waals surface area contributed by atoms with Crippen molar-refractivity contribution in [3.05, 3.63) is 65.2 Å². The van der Waals surface area contributed by atoms with Crippen LogP contribution in [0.4, 0.5) is 18.9 Å². The molecule has 3 rings (SSSR count). The van der Waals surface area contributed by atoms with E-state index in [1.807, 2.05) is 24.3 Å². The van der Waals surface area contributed by atoms with Crippen LogP contribution in [0, 0.1) is 0 Å². The number of nitrogens with zero attached hydrogens (tertiary/aromatic N) is 2. The maximum Gasteiger partial charge on any atom is 0.416 e. The molecule has 0 saturated carbocycles. The lowest BCUT2D eigenvalue weighted by Crippen LogP contribution is -2.36. The van der Waals surface area contributed by atoms with E-state index in [1.54, 1.807) is 11.9 Å². The number of ether oxygens (including phenoxy) is 1. The van der Waals surface area contributed by atoms with Crippen LogP contribution in [0.5, 0.6) is 0 Å². The quantitative estimate of drug-likeness (QED) is 0.777. The number of hydrogen-bond acceptors (Lipinski definition) is 3. The third-order valence-corrected chi connectivity index (χ3v) is 4.79. The van der Waals surface area contributed by atoms with Crippen LogP contribution >= 0.6 is 0 Å². The van der Waals surface area contributed by atoms with Crippen molar-refractivity contribution in [2.75, 3.05) is 38.3 Å². The van der Waals surface area contributed by atoms with Crippen molar-refractivity contribution in [2.24, 2.45) is 0 Å². The van der Waals surface area contributed by atoms with Crippen molar-refractivity contribution >= 4 is 11.6 Å². The topological polar surface area (TPSA) is 32.8 Å². The Bertz CT molecular complexity index is 783. The Labute approximate surface area is 162 Å². The molecule has 0 aromatic heterocycles. The molecule has 7 heteroatoms. The van der Waals surface area contributed by atoms with Gasteiger partial charge in [-0.2, -0.15) is 13.2 Å². The second kappa shape index (κ2) is 8.65. The molecular weight excluding hydrogens is 369 g/mol. The number of halogens is 3. The van der Waals surface area contributed by atoms with Crippen molar-refractivity contribution in [3.63, 3.8) is 0 Å². The fraction of sp³-hybridized carbons (Fsp3) is 0.381. The summed E-state index contributed by atoms with van der Waals surface area (Å²) in [5.41, 5.74) is 1.98. The number of hydrogen-bond donors (Lipinski definition) is 0. The molecule has 1 aliphatic rings. The van der Waals surface area contributed by atoms with Crippen molar-refractivity contribution in [1.82, 2.24) is 4.90 Å². The van der Waals surface area contributed by atoms with Gasteiger partial charge in [0.2, 0.25) is 5.91 Å². The van der Waals surface area contributed by atoms with E-state index in [0.717, 1.165) is 49.7 Å². The number of rotatable bonds is 5. The summed E-state index contributed by atoms with van der Waals surface area (Å²) in [7, 11) is 1.70. The minimum atomic E-state index is -4.37. The Morgan fingerprint density at radius 2 is 1.57 bits per heavy atom. The molecule has 1 aliphatic heterocycles. The van der Waals surface area contributed by atoms with E-state index >= 15 is 0 Å². The molecule has 0 bridgehead atoms. The Hall–Kier alpha value is -2.54. The highest BCUT2D eigenvalue weighted by Gasteiger charge is 2.30. The molecule has 0 aliphatic carbocycles. The van der Waals surface area contributed by atoms with Crippen LogP contribution in [0.1, 0.15) is 16.7 Å². The fourth-order valence-corrected chi connectivity index (χ4v) is 3.12. The number of amides is 1. The molecule has 0 spiro atoms. The minimum absolute atomic E-state index is 0.0699. The summed E-state index contributed by atoms with van der Waals surface area (Å²) >= 11 is 0. The Balaban J connectivity index is 1.55. The third-order valence-electron chi connectivity index (χ3n) is 4.79. The standard InChI is InChI=1S/C21H23F3N2O2/c1-25(20(27)14-16-2-6-18(7-3-16)21(22,23)24)15-17-4-8-19(9-5-17)26-10-12-28-13-11-26/h2-9H,10-15H2,1H3. The van der Waals surface area contributed by atoms with Gasteiger partial charge in [-0.25, -0.2) is 0 Å². The van der Waals surface area contributed by atoms with Crippen LogP contribution in [0.3, 0.4) is 0 Å². The minimum Gasteiger partial charge on any atom is -0.378 e. The number of carbonyl (C=O) groups is 1. The van der Waals surface area contributed by atoms with Crippen molar-refractivity contribution in [1.29, 1.82) is 0 Å². The monoisotopic (exact) mass is 392 g/mol. The van der Waals surface area contributed by atoms with Gasteiger partial charge in [0.25, 0.3) is 0 Å². The first-order valence-corrected chi connectivity index (χ1v) is 9.14. The Kier molecular flexibility index (Phi) is 6.24. The summed E-state index contributed by atoms with van der Waals surface area (Å²) in [5.74, 6) is -0.142. The normalized spacial score (nSPS) is 14.8. The zero-order valence-corrected chi connectivity index (χ0v) is 15.7. The predicted molar refractivity (Wildman–Crippen MR) is 101 cm³/mol. The molecule has 150 valence electrons.